The molecule has 0 radical (unpaired) electrons. The third-order valence-electron chi connectivity index (χ3n) is 3.02. The van der Waals surface area contributed by atoms with Crippen molar-refractivity contribution in [1.29, 1.82) is 0 Å². The Labute approximate surface area is 144 Å². The number of rotatable bonds is 4. The van der Waals surface area contributed by atoms with Crippen molar-refractivity contribution in [2.75, 3.05) is 11.5 Å². The quantitative estimate of drug-likeness (QED) is 0.350. The highest BCUT2D eigenvalue weighted by Crippen LogP contribution is 2.25. The molecule has 0 amide bonds. The Morgan fingerprint density at radius 1 is 0.769 bits per heavy atom. The molecule has 136 valence electrons. The van der Waals surface area contributed by atoms with Crippen LogP contribution in [0.2, 0.25) is 0 Å². The molecule has 0 aliphatic rings. The molecule has 2 aromatic carbocycles. The Hall–Kier alpha value is -4.22. The number of hydrogen-bond acceptors (Lipinski definition) is 8. The summed E-state index contributed by atoms with van der Waals surface area (Å²) in [6, 6.07) is 7.29. The number of anilines is 2. The van der Waals surface area contributed by atoms with Crippen LogP contribution in [0, 0.1) is 20.2 Å². The van der Waals surface area contributed by atoms with Crippen molar-refractivity contribution in [3.63, 3.8) is 0 Å². The number of nitrogens with zero attached hydrogens (tertiary/aromatic N) is 2. The molecule has 26 heavy (non-hydrogen) atoms. The summed E-state index contributed by atoms with van der Waals surface area (Å²) in [6.07, 6.45) is 0. The molecular formula is C14H12N4O8. The minimum absolute atomic E-state index is 0.255. The second-order valence-electron chi connectivity index (χ2n) is 4.60. The molecule has 0 unspecified atom stereocenters. The van der Waals surface area contributed by atoms with Gasteiger partial charge in [-0.15, -0.1) is 0 Å². The van der Waals surface area contributed by atoms with Crippen LogP contribution in [0.15, 0.2) is 36.4 Å². The van der Waals surface area contributed by atoms with Crippen molar-refractivity contribution in [3.05, 3.63) is 67.8 Å². The van der Waals surface area contributed by atoms with Crippen LogP contribution in [0.25, 0.3) is 0 Å². The van der Waals surface area contributed by atoms with E-state index in [1.165, 1.54) is 24.3 Å². The number of nitro groups is 2. The van der Waals surface area contributed by atoms with Gasteiger partial charge in [0.15, 0.2) is 0 Å². The lowest BCUT2D eigenvalue weighted by Crippen LogP contribution is -2.04. The van der Waals surface area contributed by atoms with Gasteiger partial charge in [-0.3, -0.25) is 20.2 Å². The number of para-hydroxylation sites is 2. The van der Waals surface area contributed by atoms with E-state index in [1.54, 1.807) is 0 Å². The fourth-order valence-corrected chi connectivity index (χ4v) is 1.80. The van der Waals surface area contributed by atoms with Gasteiger partial charge in [0.2, 0.25) is 0 Å². The summed E-state index contributed by atoms with van der Waals surface area (Å²) in [5.74, 6) is -2.55. The summed E-state index contributed by atoms with van der Waals surface area (Å²) in [7, 11) is 0. The van der Waals surface area contributed by atoms with Gasteiger partial charge in [-0.1, -0.05) is 12.1 Å². The molecule has 12 heteroatoms. The number of carboxylic acids is 2. The first kappa shape index (κ1) is 19.8. The zero-order valence-corrected chi connectivity index (χ0v) is 12.9. The molecule has 2 aromatic rings. The summed E-state index contributed by atoms with van der Waals surface area (Å²) in [4.78, 5) is 40.2. The van der Waals surface area contributed by atoms with Crippen LogP contribution in [0.4, 0.5) is 22.7 Å². The Morgan fingerprint density at radius 2 is 1.08 bits per heavy atom. The van der Waals surface area contributed by atoms with Crippen LogP contribution < -0.4 is 11.5 Å². The molecule has 0 aliphatic carbocycles. The first-order valence-electron chi connectivity index (χ1n) is 6.60. The van der Waals surface area contributed by atoms with Crippen molar-refractivity contribution >= 4 is 34.7 Å². The van der Waals surface area contributed by atoms with Gasteiger partial charge in [-0.25, -0.2) is 9.59 Å². The molecular weight excluding hydrogens is 352 g/mol. The number of benzene rings is 2. The monoisotopic (exact) mass is 364 g/mol. The topological polar surface area (TPSA) is 213 Å². The molecule has 12 nitrogen and oxygen atoms in total. The lowest BCUT2D eigenvalue weighted by molar-refractivity contribution is -0.384. The van der Waals surface area contributed by atoms with Gasteiger partial charge in [-0.05, 0) is 12.1 Å². The van der Waals surface area contributed by atoms with E-state index < -0.39 is 21.8 Å². The lowest BCUT2D eigenvalue weighted by atomic mass is 10.1. The van der Waals surface area contributed by atoms with Gasteiger partial charge in [0.1, 0.15) is 11.4 Å². The average molecular weight is 364 g/mol. The maximum Gasteiger partial charge on any atom is 0.338 e. The van der Waals surface area contributed by atoms with Crippen molar-refractivity contribution in [1.82, 2.24) is 0 Å². The SMILES string of the molecule is Nc1c(C(=O)O)cccc1[N+](=O)[O-].Nc1c(C(=O)O)cccc1[N+](=O)[O-]. The molecule has 0 bridgehead atoms. The van der Waals surface area contributed by atoms with Crippen LogP contribution in [-0.4, -0.2) is 32.0 Å². The highest BCUT2D eigenvalue weighted by Gasteiger charge is 2.18. The molecule has 0 spiro atoms. The first-order chi connectivity index (χ1) is 12.1. The summed E-state index contributed by atoms with van der Waals surface area (Å²) in [6.45, 7) is 0. The summed E-state index contributed by atoms with van der Waals surface area (Å²) < 4.78 is 0. The second-order valence-corrected chi connectivity index (χ2v) is 4.60. The smallest absolute Gasteiger partial charge is 0.338 e. The van der Waals surface area contributed by atoms with Crippen molar-refractivity contribution < 1.29 is 29.6 Å². The zero-order chi connectivity index (χ0) is 20.0. The molecule has 0 atom stereocenters. The maximum atomic E-state index is 10.5. The van der Waals surface area contributed by atoms with Gasteiger partial charge in [0.25, 0.3) is 11.4 Å². The highest BCUT2D eigenvalue weighted by atomic mass is 16.6. The summed E-state index contributed by atoms with van der Waals surface area (Å²) in [5, 5.41) is 37.8. The molecule has 6 N–H and O–H groups in total. The van der Waals surface area contributed by atoms with Crippen LogP contribution in [-0.2, 0) is 0 Å². The zero-order valence-electron chi connectivity index (χ0n) is 12.9. The van der Waals surface area contributed by atoms with Crippen molar-refractivity contribution in [2.45, 2.75) is 0 Å². The Balaban J connectivity index is 0.000000260. The van der Waals surface area contributed by atoms with Gasteiger partial charge in [0.05, 0.1) is 21.0 Å². The van der Waals surface area contributed by atoms with Gasteiger partial charge >= 0.3 is 11.9 Å². The van der Waals surface area contributed by atoms with Gasteiger partial charge in [0, 0.05) is 12.1 Å². The third kappa shape index (κ3) is 4.41. The van der Waals surface area contributed by atoms with E-state index in [2.05, 4.69) is 0 Å². The number of nitro benzene ring substituents is 2. The minimum atomic E-state index is -1.28. The van der Waals surface area contributed by atoms with E-state index in [9.17, 15) is 29.8 Å². The third-order valence-corrected chi connectivity index (χ3v) is 3.02. The molecule has 0 aliphatic heterocycles. The van der Waals surface area contributed by atoms with Crippen LogP contribution in [0.3, 0.4) is 0 Å². The van der Waals surface area contributed by atoms with E-state index in [-0.39, 0.29) is 33.9 Å². The predicted molar refractivity (Wildman–Crippen MR) is 88.9 cm³/mol. The van der Waals surface area contributed by atoms with Crippen molar-refractivity contribution in [2.24, 2.45) is 0 Å². The Bertz CT molecular complexity index is 759. The number of nitrogens with two attached hydrogens (primary N) is 2. The largest absolute Gasteiger partial charge is 0.478 e. The standard InChI is InChI=1S/2C7H6N2O4/c2*8-6-4(7(10)11)2-1-3-5(6)9(12)13/h2*1-3H,8H2,(H,10,11). The fraction of sp³-hybridized carbons (Fsp3) is 0. The van der Waals surface area contributed by atoms with E-state index in [4.69, 9.17) is 21.7 Å². The highest BCUT2D eigenvalue weighted by molar-refractivity contribution is 5.96. The molecule has 0 fully saturated rings. The van der Waals surface area contributed by atoms with E-state index in [0.717, 1.165) is 12.1 Å². The Kier molecular flexibility index (Phi) is 6.14. The molecule has 0 saturated carbocycles. The van der Waals surface area contributed by atoms with E-state index >= 15 is 0 Å². The number of nitrogen functional groups attached to an aromatic ring is 2. The molecule has 0 heterocycles. The average Bonchev–Trinajstić information content (AvgIpc) is 2.54. The molecule has 2 rings (SSSR count). The summed E-state index contributed by atoms with van der Waals surface area (Å²) in [5.41, 5.74) is 8.60. The normalized spacial score (nSPS) is 9.54. The van der Waals surface area contributed by atoms with Gasteiger partial charge in [-0.2, -0.15) is 0 Å². The number of carbonyl (C=O) groups is 2. The van der Waals surface area contributed by atoms with E-state index in [0.29, 0.717) is 0 Å². The summed E-state index contributed by atoms with van der Waals surface area (Å²) >= 11 is 0. The molecule has 0 saturated heterocycles. The predicted octanol–water partition coefficient (Wildman–Crippen LogP) is 1.75. The minimum Gasteiger partial charge on any atom is -0.478 e. The maximum absolute atomic E-state index is 10.5. The van der Waals surface area contributed by atoms with Gasteiger partial charge < -0.3 is 21.7 Å². The number of hydrogen-bond donors (Lipinski definition) is 4. The first-order valence-corrected chi connectivity index (χ1v) is 6.60. The van der Waals surface area contributed by atoms with Crippen LogP contribution in [0.5, 0.6) is 0 Å². The van der Waals surface area contributed by atoms with E-state index in [1.807, 2.05) is 0 Å². The molecule has 0 aromatic heterocycles. The Morgan fingerprint density at radius 3 is 1.31 bits per heavy atom. The van der Waals surface area contributed by atoms with Crippen LogP contribution in [0.1, 0.15) is 20.7 Å². The number of aromatic carboxylic acids is 2. The van der Waals surface area contributed by atoms with Crippen LogP contribution >= 0.6 is 0 Å². The number of carboxylic acid groups (broad SMARTS) is 2. The fourth-order valence-electron chi connectivity index (χ4n) is 1.80. The lowest BCUT2D eigenvalue weighted by Gasteiger charge is -1.99. The van der Waals surface area contributed by atoms with Crippen molar-refractivity contribution in [3.8, 4) is 0 Å². The second kappa shape index (κ2) is 8.05.